The molecule has 2 N–H and O–H groups in total. The van der Waals surface area contributed by atoms with Crippen LogP contribution in [0, 0.1) is 23.2 Å². The van der Waals surface area contributed by atoms with Crippen molar-refractivity contribution >= 4 is 40.2 Å². The highest BCUT2D eigenvalue weighted by Crippen LogP contribution is 2.58. The number of aromatic amines is 1. The van der Waals surface area contributed by atoms with Gasteiger partial charge in [0.2, 0.25) is 6.41 Å². The average molecular weight is 763 g/mol. The maximum atomic E-state index is 14.5. The van der Waals surface area contributed by atoms with Crippen LogP contribution in [0.15, 0.2) is 48.0 Å². The van der Waals surface area contributed by atoms with E-state index in [1.807, 2.05) is 44.3 Å². The first-order valence-corrected chi connectivity index (χ1v) is 20.3. The summed E-state index contributed by atoms with van der Waals surface area (Å²) in [5.74, 6) is -0.128. The van der Waals surface area contributed by atoms with E-state index in [0.717, 1.165) is 101 Å². The molecule has 0 spiro atoms. The number of carbonyl (C=O) groups is 3. The summed E-state index contributed by atoms with van der Waals surface area (Å²) in [4.78, 5) is 51.0. The quantitative estimate of drug-likeness (QED) is 0.145. The summed E-state index contributed by atoms with van der Waals surface area (Å²) >= 11 is 0. The Morgan fingerprint density at radius 2 is 1.82 bits per heavy atom. The Bertz CT molecular complexity index is 2290. The summed E-state index contributed by atoms with van der Waals surface area (Å²) in [5, 5.41) is 13.5. The standard InChI is InChI=1S/C45H54N4O7/c1-7-26-17-25-20-44(42(52)55-5)40-30(15-16-48(21-25)41(26)44)29-13-14-35(54-4)37(38(29)46-40)32-18-33-27(8-2)22-47(3)36(45(33,23-50)43(53)56-6)19-31-28-11-9-10-12-34(28)49(24-51)39(31)32/h8-14,24-26,32-33,36,41,46,50H,7,15-23H2,1-6H3/b27-8-/t25-,26-,32?,33+,36-,41?,44-,45?/m0/s1. The second kappa shape index (κ2) is 13.6. The van der Waals surface area contributed by atoms with Gasteiger partial charge in [-0.1, -0.05) is 43.2 Å². The predicted octanol–water partition coefficient (Wildman–Crippen LogP) is 5.36. The fourth-order valence-electron chi connectivity index (χ4n) is 13.0. The van der Waals surface area contributed by atoms with Crippen molar-refractivity contribution in [2.45, 2.75) is 75.8 Å². The van der Waals surface area contributed by atoms with Gasteiger partial charge in [0.05, 0.1) is 39.0 Å². The van der Waals surface area contributed by atoms with E-state index in [2.05, 4.69) is 33.8 Å². The van der Waals surface area contributed by atoms with Gasteiger partial charge in [-0.2, -0.15) is 0 Å². The minimum Gasteiger partial charge on any atom is -0.496 e. The van der Waals surface area contributed by atoms with Gasteiger partial charge in [0.1, 0.15) is 16.6 Å². The summed E-state index contributed by atoms with van der Waals surface area (Å²) in [6.07, 6.45) is 7.40. The van der Waals surface area contributed by atoms with Crippen LogP contribution in [0.3, 0.4) is 0 Å². The number of esters is 2. The number of likely N-dealkylation sites (tertiary alicyclic amines) is 1. The molecule has 296 valence electrons. The summed E-state index contributed by atoms with van der Waals surface area (Å²) in [5.41, 5.74) is 5.32. The third kappa shape index (κ3) is 4.77. The van der Waals surface area contributed by atoms with Crippen LogP contribution < -0.4 is 4.74 Å². The first-order valence-electron chi connectivity index (χ1n) is 20.3. The van der Waals surface area contributed by atoms with Crippen LogP contribution in [0.5, 0.6) is 5.75 Å². The molecule has 6 heterocycles. The van der Waals surface area contributed by atoms with Crippen LogP contribution in [0.4, 0.5) is 0 Å². The maximum Gasteiger partial charge on any atom is 0.319 e. The molecule has 6 bridgehead atoms. The second-order valence-electron chi connectivity index (χ2n) is 17.1. The second-order valence-corrected chi connectivity index (χ2v) is 17.1. The molecule has 11 nitrogen and oxygen atoms in total. The van der Waals surface area contributed by atoms with Gasteiger partial charge in [0, 0.05) is 71.3 Å². The van der Waals surface area contributed by atoms with Gasteiger partial charge in [-0.3, -0.25) is 28.8 Å². The molecule has 4 unspecified atom stereocenters. The number of para-hydroxylation sites is 1. The fourth-order valence-corrected chi connectivity index (χ4v) is 13.0. The van der Waals surface area contributed by atoms with E-state index >= 15 is 0 Å². The Labute approximate surface area is 327 Å². The number of piperidine rings is 3. The van der Waals surface area contributed by atoms with E-state index in [-0.39, 0.29) is 12.0 Å². The summed E-state index contributed by atoms with van der Waals surface area (Å²) < 4.78 is 19.5. The molecular weight excluding hydrogens is 709 g/mol. The largest absolute Gasteiger partial charge is 0.496 e. The van der Waals surface area contributed by atoms with Crippen LogP contribution in [0.2, 0.25) is 0 Å². The number of nitrogens with zero attached hydrogens (tertiary/aromatic N) is 3. The fraction of sp³-hybridized carbons (Fsp3) is 0.533. The van der Waals surface area contributed by atoms with Crippen LogP contribution in [-0.4, -0.2) is 110 Å². The first kappa shape index (κ1) is 37.1. The zero-order chi connectivity index (χ0) is 39.3. The van der Waals surface area contributed by atoms with Crippen LogP contribution in [0.25, 0.3) is 21.8 Å². The number of methoxy groups -OCH3 is 3. The molecule has 3 saturated heterocycles. The molecule has 1 saturated carbocycles. The predicted molar refractivity (Wildman–Crippen MR) is 214 cm³/mol. The van der Waals surface area contributed by atoms with Crippen LogP contribution in [-0.2, 0) is 42.1 Å². The van der Waals surface area contributed by atoms with Crippen molar-refractivity contribution in [2.24, 2.45) is 23.2 Å². The number of allylic oxidation sites excluding steroid dienone is 1. The van der Waals surface area contributed by atoms with E-state index in [9.17, 15) is 19.5 Å². The lowest BCUT2D eigenvalue weighted by Gasteiger charge is -2.57. The number of aliphatic hydroxyl groups is 1. The highest BCUT2D eigenvalue weighted by molar-refractivity contribution is 5.96. The zero-order valence-electron chi connectivity index (χ0n) is 33.4. The van der Waals surface area contributed by atoms with E-state index in [4.69, 9.17) is 14.2 Å². The number of benzene rings is 2. The van der Waals surface area contributed by atoms with Gasteiger partial charge in [0.25, 0.3) is 0 Å². The normalized spacial score (nSPS) is 33.0. The van der Waals surface area contributed by atoms with Crippen molar-refractivity contribution in [3.05, 3.63) is 76.1 Å². The Kier molecular flexibility index (Phi) is 9.02. The molecule has 0 radical (unpaired) electrons. The maximum absolute atomic E-state index is 14.5. The van der Waals surface area contributed by atoms with Crippen molar-refractivity contribution in [3.8, 4) is 5.75 Å². The minimum absolute atomic E-state index is 0.0221. The number of fused-ring (bicyclic) bond motifs is 9. The van der Waals surface area contributed by atoms with Crippen molar-refractivity contribution in [3.63, 3.8) is 0 Å². The molecular formula is C45H54N4O7. The molecule has 9 atom stereocenters. The highest BCUT2D eigenvalue weighted by atomic mass is 16.5. The minimum atomic E-state index is -1.28. The number of carbonyl (C=O) groups excluding carboxylic acids is 3. The van der Waals surface area contributed by atoms with Crippen LogP contribution in [0.1, 0.15) is 73.5 Å². The van der Waals surface area contributed by atoms with Crippen molar-refractivity contribution in [2.75, 3.05) is 54.6 Å². The molecule has 2 aliphatic carbocycles. The lowest BCUT2D eigenvalue weighted by molar-refractivity contribution is -0.169. The highest BCUT2D eigenvalue weighted by Gasteiger charge is 2.63. The van der Waals surface area contributed by atoms with Gasteiger partial charge < -0.3 is 24.3 Å². The smallest absolute Gasteiger partial charge is 0.319 e. The van der Waals surface area contributed by atoms with Crippen molar-refractivity contribution in [1.29, 1.82) is 0 Å². The molecule has 2 aromatic carbocycles. The molecule has 0 amide bonds. The molecule has 2 aromatic heterocycles. The number of nitrogens with one attached hydrogen (secondary N) is 1. The van der Waals surface area contributed by atoms with Crippen LogP contribution >= 0.6 is 0 Å². The van der Waals surface area contributed by atoms with E-state index in [1.165, 1.54) is 14.2 Å². The molecule has 10 rings (SSSR count). The molecule has 56 heavy (non-hydrogen) atoms. The number of H-pyrrole nitrogens is 1. The Morgan fingerprint density at radius 3 is 2.52 bits per heavy atom. The van der Waals surface area contributed by atoms with E-state index in [0.29, 0.717) is 37.0 Å². The van der Waals surface area contributed by atoms with Gasteiger partial charge in [0.15, 0.2) is 0 Å². The van der Waals surface area contributed by atoms with Gasteiger partial charge in [-0.25, -0.2) is 0 Å². The third-order valence-corrected chi connectivity index (χ3v) is 15.1. The topological polar surface area (TPSA) is 126 Å². The van der Waals surface area contributed by atoms with Crippen molar-refractivity contribution < 1.29 is 33.7 Å². The summed E-state index contributed by atoms with van der Waals surface area (Å²) in [6.45, 7) is 6.30. The van der Waals surface area contributed by atoms with E-state index < -0.39 is 41.3 Å². The van der Waals surface area contributed by atoms with Gasteiger partial charge in [-0.15, -0.1) is 0 Å². The number of likely N-dealkylation sites (N-methyl/N-ethyl adjacent to an activating group) is 1. The number of hydrogen-bond acceptors (Lipinski definition) is 9. The number of aromatic nitrogens is 2. The Hall–Kier alpha value is -4.45. The number of ether oxygens (including phenoxy) is 3. The van der Waals surface area contributed by atoms with E-state index in [1.54, 1.807) is 11.7 Å². The van der Waals surface area contributed by atoms with Crippen molar-refractivity contribution in [1.82, 2.24) is 19.4 Å². The number of hydrogen-bond donors (Lipinski definition) is 2. The molecule has 6 aliphatic rings. The summed E-state index contributed by atoms with van der Waals surface area (Å²) in [7, 11) is 6.60. The average Bonchev–Trinajstić information content (AvgIpc) is 3.73. The number of aliphatic hydroxyl groups excluding tert-OH is 1. The monoisotopic (exact) mass is 762 g/mol. The Balaban J connectivity index is 1.38. The molecule has 11 heteroatoms. The lowest BCUT2D eigenvalue weighted by Crippen LogP contribution is -2.67. The first-order chi connectivity index (χ1) is 27.2. The molecule has 4 aliphatic heterocycles. The lowest BCUT2D eigenvalue weighted by atomic mass is 9.56. The SMILES string of the molecule is C/C=C1/CN(C)[C@H]2Cc3c(n(C=O)c4ccccc34)C(c3c(OC)ccc4c5c([nH]c34)[C@@]3(C(=O)OC)C[C@@H]4C[C@H](CC)C3N(CC5)C4)C[C@H]1C2(CO)C(=O)OC. The Morgan fingerprint density at radius 1 is 1.04 bits per heavy atom. The molecule has 4 aromatic rings. The zero-order valence-corrected chi connectivity index (χ0v) is 33.4. The van der Waals surface area contributed by atoms with Gasteiger partial charge >= 0.3 is 11.9 Å². The summed E-state index contributed by atoms with van der Waals surface area (Å²) in [6, 6.07) is 11.7. The molecule has 4 fully saturated rings. The number of rotatable bonds is 7. The van der Waals surface area contributed by atoms with Gasteiger partial charge in [-0.05, 0) is 87.2 Å². The third-order valence-electron chi connectivity index (χ3n) is 15.1.